The molecule has 8 nitrogen and oxygen atoms in total. The molecule has 0 unspecified atom stereocenters. The van der Waals surface area contributed by atoms with Crippen LogP contribution in [0.1, 0.15) is 17.7 Å². The summed E-state index contributed by atoms with van der Waals surface area (Å²) in [5.41, 5.74) is 2.31. The summed E-state index contributed by atoms with van der Waals surface area (Å²) in [5, 5.41) is 18.7. The average Bonchev–Trinajstić information content (AvgIpc) is 3.44. The Morgan fingerprint density at radius 2 is 1.79 bits per heavy atom. The Hall–Kier alpha value is -4.04. The number of nitrogens with two attached hydrogens (primary N) is 1. The molecule has 2 aromatic carbocycles. The van der Waals surface area contributed by atoms with Crippen molar-refractivity contribution < 1.29 is 17.6 Å². The van der Waals surface area contributed by atoms with Gasteiger partial charge in [-0.2, -0.15) is 5.26 Å². The van der Waals surface area contributed by atoms with E-state index in [9.17, 15) is 18.5 Å². The number of furan rings is 1. The minimum atomic E-state index is -3.78. The molecule has 2 aromatic heterocycles. The number of carbonyl (C=O) groups excluding carboxylic acids is 1. The summed E-state index contributed by atoms with van der Waals surface area (Å²) in [6.07, 6.45) is 1.56. The number of aromatic nitrogens is 1. The zero-order valence-corrected chi connectivity index (χ0v) is 19.5. The van der Waals surface area contributed by atoms with Gasteiger partial charge < -0.3 is 9.73 Å². The highest BCUT2D eigenvalue weighted by atomic mass is 32.2. The van der Waals surface area contributed by atoms with Crippen molar-refractivity contribution in [1.29, 1.82) is 5.26 Å². The van der Waals surface area contributed by atoms with E-state index in [1.807, 2.05) is 30.3 Å². The molecule has 0 saturated carbocycles. The second-order valence-corrected chi connectivity index (χ2v) is 9.75. The Kier molecular flexibility index (Phi) is 6.43. The van der Waals surface area contributed by atoms with Crippen molar-refractivity contribution in [2.45, 2.75) is 11.8 Å². The van der Waals surface area contributed by atoms with Crippen molar-refractivity contribution in [1.82, 2.24) is 4.98 Å². The Bertz CT molecular complexity index is 1530. The zero-order chi connectivity index (χ0) is 24.3. The first-order chi connectivity index (χ1) is 16.2. The predicted molar refractivity (Wildman–Crippen MR) is 131 cm³/mol. The molecule has 0 fully saturated rings. The number of carbonyl (C=O) groups is 1. The molecule has 10 heteroatoms. The van der Waals surface area contributed by atoms with Gasteiger partial charge in [0.2, 0.25) is 15.9 Å². The fraction of sp³-hybridized carbons (Fsp3) is 0.0417. The SMILES string of the molecule is CC(=O)Nc1sc(/C(C#N)=C/c2ccc(-c3ccc(S(N)(=O)=O)cc3)o2)nc1-c1ccccc1. The number of thiazole rings is 1. The lowest BCUT2D eigenvalue weighted by atomic mass is 10.1. The van der Waals surface area contributed by atoms with Gasteiger partial charge in [0.05, 0.1) is 10.5 Å². The molecule has 2 heterocycles. The molecule has 1 amide bonds. The number of allylic oxidation sites excluding steroid dienone is 1. The van der Waals surface area contributed by atoms with Crippen LogP contribution in [0.3, 0.4) is 0 Å². The summed E-state index contributed by atoms with van der Waals surface area (Å²) in [4.78, 5) is 16.3. The number of benzene rings is 2. The summed E-state index contributed by atoms with van der Waals surface area (Å²) in [5.74, 6) is 0.672. The van der Waals surface area contributed by atoms with Crippen LogP contribution in [0.5, 0.6) is 0 Å². The molecule has 0 bridgehead atoms. The second kappa shape index (κ2) is 9.44. The largest absolute Gasteiger partial charge is 0.457 e. The molecule has 4 aromatic rings. The lowest BCUT2D eigenvalue weighted by molar-refractivity contribution is -0.114. The minimum absolute atomic E-state index is 0.00246. The van der Waals surface area contributed by atoms with Gasteiger partial charge in [0.15, 0.2) is 0 Å². The smallest absolute Gasteiger partial charge is 0.238 e. The number of hydrogen-bond donors (Lipinski definition) is 2. The Morgan fingerprint density at radius 1 is 1.09 bits per heavy atom. The summed E-state index contributed by atoms with van der Waals surface area (Å²) in [7, 11) is -3.78. The van der Waals surface area contributed by atoms with Crippen molar-refractivity contribution >= 4 is 43.9 Å². The van der Waals surface area contributed by atoms with Crippen molar-refractivity contribution in [3.05, 3.63) is 77.5 Å². The third-order valence-electron chi connectivity index (χ3n) is 4.70. The standard InChI is InChI=1S/C24H18N4O4S2/c1-15(29)27-24-22(17-5-3-2-4-6-17)28-23(33-24)18(14-25)13-19-9-12-21(32-19)16-7-10-20(11-8-16)34(26,30)31/h2-13H,1H3,(H,27,29)(H2,26,30,31)/b18-13+. The Morgan fingerprint density at radius 3 is 2.41 bits per heavy atom. The van der Waals surface area contributed by atoms with Gasteiger partial charge in [-0.3, -0.25) is 4.79 Å². The fourth-order valence-corrected chi connectivity index (χ4v) is 4.67. The molecule has 34 heavy (non-hydrogen) atoms. The molecule has 0 radical (unpaired) electrons. The number of nitrogens with one attached hydrogen (secondary N) is 1. The number of amides is 1. The van der Waals surface area contributed by atoms with E-state index in [-0.39, 0.29) is 16.4 Å². The highest BCUT2D eigenvalue weighted by Crippen LogP contribution is 2.36. The number of nitriles is 1. The van der Waals surface area contributed by atoms with E-state index in [4.69, 9.17) is 9.56 Å². The van der Waals surface area contributed by atoms with Gasteiger partial charge in [-0.05, 0) is 36.4 Å². The van der Waals surface area contributed by atoms with E-state index in [1.54, 1.807) is 30.3 Å². The van der Waals surface area contributed by atoms with Crippen LogP contribution in [0, 0.1) is 11.3 Å². The summed E-state index contributed by atoms with van der Waals surface area (Å²) in [6.45, 7) is 1.41. The van der Waals surface area contributed by atoms with Gasteiger partial charge in [0.25, 0.3) is 0 Å². The maximum atomic E-state index is 11.7. The molecule has 0 atom stereocenters. The number of sulfonamides is 1. The molecule has 4 rings (SSSR count). The molecule has 170 valence electrons. The molecule has 0 aliphatic carbocycles. The van der Waals surface area contributed by atoms with E-state index < -0.39 is 10.0 Å². The predicted octanol–water partition coefficient (Wildman–Crippen LogP) is 4.74. The van der Waals surface area contributed by atoms with E-state index in [1.165, 1.54) is 30.4 Å². The topological polar surface area (TPSA) is 139 Å². The van der Waals surface area contributed by atoms with Gasteiger partial charge in [-0.15, -0.1) is 0 Å². The van der Waals surface area contributed by atoms with E-state index in [0.717, 1.165) is 5.56 Å². The van der Waals surface area contributed by atoms with E-state index in [2.05, 4.69) is 16.4 Å². The first-order valence-electron chi connectivity index (χ1n) is 9.93. The maximum absolute atomic E-state index is 11.7. The highest BCUT2D eigenvalue weighted by Gasteiger charge is 2.17. The first-order valence-corrected chi connectivity index (χ1v) is 12.3. The van der Waals surface area contributed by atoms with Gasteiger partial charge >= 0.3 is 0 Å². The van der Waals surface area contributed by atoms with Crippen LogP contribution in [0.4, 0.5) is 5.00 Å². The van der Waals surface area contributed by atoms with Crippen LogP contribution < -0.4 is 10.5 Å². The van der Waals surface area contributed by atoms with Crippen molar-refractivity contribution in [3.8, 4) is 28.7 Å². The summed E-state index contributed by atoms with van der Waals surface area (Å²) < 4.78 is 28.7. The monoisotopic (exact) mass is 490 g/mol. The third-order valence-corrected chi connectivity index (χ3v) is 6.63. The number of rotatable bonds is 6. The van der Waals surface area contributed by atoms with Crippen molar-refractivity contribution in [3.63, 3.8) is 0 Å². The van der Waals surface area contributed by atoms with E-state index >= 15 is 0 Å². The molecular formula is C24H18N4O4S2. The highest BCUT2D eigenvalue weighted by molar-refractivity contribution is 7.89. The van der Waals surface area contributed by atoms with Crippen molar-refractivity contribution in [2.24, 2.45) is 5.14 Å². The summed E-state index contributed by atoms with van der Waals surface area (Å²) >= 11 is 1.20. The van der Waals surface area contributed by atoms with E-state index in [0.29, 0.717) is 32.8 Å². The third kappa shape index (κ3) is 5.13. The Labute approximate surface area is 200 Å². The van der Waals surface area contributed by atoms with Gasteiger partial charge in [0.1, 0.15) is 33.3 Å². The van der Waals surface area contributed by atoms with Crippen LogP contribution in [-0.4, -0.2) is 19.3 Å². The minimum Gasteiger partial charge on any atom is -0.457 e. The van der Waals surface area contributed by atoms with Crippen LogP contribution in [0.15, 0.2) is 76.0 Å². The number of hydrogen-bond acceptors (Lipinski definition) is 7. The van der Waals surface area contributed by atoms with Crippen LogP contribution in [0.2, 0.25) is 0 Å². The number of anilines is 1. The summed E-state index contributed by atoms with van der Waals surface area (Å²) in [6, 6.07) is 20.9. The second-order valence-electron chi connectivity index (χ2n) is 7.19. The fourth-order valence-electron chi connectivity index (χ4n) is 3.15. The van der Waals surface area contributed by atoms with Crippen LogP contribution >= 0.6 is 11.3 Å². The molecular weight excluding hydrogens is 472 g/mol. The maximum Gasteiger partial charge on any atom is 0.238 e. The van der Waals surface area contributed by atoms with Crippen molar-refractivity contribution in [2.75, 3.05) is 5.32 Å². The van der Waals surface area contributed by atoms with Gasteiger partial charge in [-0.25, -0.2) is 18.5 Å². The average molecular weight is 491 g/mol. The quantitative estimate of drug-likeness (QED) is 0.374. The molecule has 0 saturated heterocycles. The Balaban J connectivity index is 1.67. The lowest BCUT2D eigenvalue weighted by Crippen LogP contribution is -2.11. The number of nitrogens with zero attached hydrogens (tertiary/aromatic N) is 2. The normalized spacial score (nSPS) is 11.7. The van der Waals surface area contributed by atoms with Gasteiger partial charge in [0, 0.05) is 24.1 Å². The lowest BCUT2D eigenvalue weighted by Gasteiger charge is -2.01. The van der Waals surface area contributed by atoms with Crippen LogP contribution in [0.25, 0.3) is 34.2 Å². The first kappa shape index (κ1) is 23.1. The number of primary sulfonamides is 1. The molecule has 0 spiro atoms. The molecule has 0 aliphatic rings. The zero-order valence-electron chi connectivity index (χ0n) is 17.8. The molecule has 0 aliphatic heterocycles. The molecule has 3 N–H and O–H groups in total. The van der Waals surface area contributed by atoms with Gasteiger partial charge in [-0.1, -0.05) is 41.7 Å². The van der Waals surface area contributed by atoms with Crippen LogP contribution in [-0.2, 0) is 14.8 Å².